The number of nitrogens with one attached hydrogen (secondary N) is 5. The number of halogens is 5. The van der Waals surface area contributed by atoms with Crippen molar-refractivity contribution in [1.82, 2.24) is 21.4 Å². The van der Waals surface area contributed by atoms with Crippen molar-refractivity contribution >= 4 is 34.9 Å². The summed E-state index contributed by atoms with van der Waals surface area (Å²) < 4.78 is 38.5. The minimum Gasteiger partial charge on any atom is -0.315 e. The lowest BCUT2D eigenvalue weighted by Crippen LogP contribution is -2.70. The first-order chi connectivity index (χ1) is 11.2. The highest BCUT2D eigenvalue weighted by atomic mass is 35.5. The van der Waals surface area contributed by atoms with Crippen LogP contribution in [0.3, 0.4) is 0 Å². The molecule has 0 bridgehead atoms. The first kappa shape index (κ1) is 19.0. The number of anilines is 1. The first-order valence-electron chi connectivity index (χ1n) is 6.70. The number of carbonyl (C=O) groups excluding carboxylic acids is 1. The standard InChI is InChI=1S/C12H14Cl2F3N5O2/c13-6-2-1-5(3-7(6)14)18-11(23)21-10-19-8(12(15,16)17)4-9(20-10)22-24/h1-3,8-10,19-20,22,24H,4H2,(H2,18,21,23). The molecule has 1 aliphatic heterocycles. The van der Waals surface area contributed by atoms with Crippen molar-refractivity contribution in [2.24, 2.45) is 0 Å². The lowest BCUT2D eigenvalue weighted by atomic mass is 10.1. The minimum atomic E-state index is -4.53. The van der Waals surface area contributed by atoms with Gasteiger partial charge in [-0.15, -0.1) is 0 Å². The normalized spacial score (nSPS) is 24.5. The number of rotatable bonds is 3. The summed E-state index contributed by atoms with van der Waals surface area (Å²) in [7, 11) is 0. The van der Waals surface area contributed by atoms with Gasteiger partial charge in [0.15, 0.2) is 0 Å². The summed E-state index contributed by atoms with van der Waals surface area (Å²) in [6.07, 6.45) is -7.25. The minimum absolute atomic E-state index is 0.213. The molecule has 12 heteroatoms. The largest absolute Gasteiger partial charge is 0.404 e. The predicted molar refractivity (Wildman–Crippen MR) is 81.8 cm³/mol. The summed E-state index contributed by atoms with van der Waals surface area (Å²) in [5.41, 5.74) is 2.03. The molecular weight excluding hydrogens is 374 g/mol. The number of carbonyl (C=O) groups is 1. The second-order valence-corrected chi connectivity index (χ2v) is 5.82. The SMILES string of the molecule is O=C(Nc1ccc(Cl)c(Cl)c1)NC1NC(NO)CC(C(F)(F)F)N1. The van der Waals surface area contributed by atoms with Gasteiger partial charge in [0.1, 0.15) is 12.3 Å². The average Bonchev–Trinajstić information content (AvgIpc) is 2.49. The summed E-state index contributed by atoms with van der Waals surface area (Å²) >= 11 is 11.6. The smallest absolute Gasteiger partial charge is 0.315 e. The summed E-state index contributed by atoms with van der Waals surface area (Å²) in [6.45, 7) is 0. The van der Waals surface area contributed by atoms with Crippen molar-refractivity contribution < 1.29 is 23.2 Å². The number of hydrogen-bond donors (Lipinski definition) is 6. The third-order valence-corrected chi connectivity index (χ3v) is 3.95. The number of amides is 2. The van der Waals surface area contributed by atoms with E-state index in [4.69, 9.17) is 28.4 Å². The molecule has 1 aromatic rings. The Morgan fingerprint density at radius 3 is 2.54 bits per heavy atom. The van der Waals surface area contributed by atoms with Crippen LogP contribution in [0.1, 0.15) is 6.42 Å². The zero-order valence-corrected chi connectivity index (χ0v) is 13.4. The monoisotopic (exact) mass is 387 g/mol. The fraction of sp³-hybridized carbons (Fsp3) is 0.417. The molecule has 1 aromatic carbocycles. The molecule has 1 fully saturated rings. The zero-order chi connectivity index (χ0) is 17.9. The van der Waals surface area contributed by atoms with Gasteiger partial charge in [-0.2, -0.15) is 18.7 Å². The third-order valence-electron chi connectivity index (χ3n) is 3.21. The molecule has 0 spiro atoms. The van der Waals surface area contributed by atoms with Gasteiger partial charge in [0.05, 0.1) is 16.2 Å². The van der Waals surface area contributed by atoms with Gasteiger partial charge >= 0.3 is 12.2 Å². The molecule has 0 saturated carbocycles. The van der Waals surface area contributed by atoms with Crippen LogP contribution in [0, 0.1) is 0 Å². The van der Waals surface area contributed by atoms with Gasteiger partial charge in [-0.25, -0.2) is 4.79 Å². The molecule has 1 heterocycles. The summed E-state index contributed by atoms with van der Waals surface area (Å²) in [5.74, 6) is 0. The van der Waals surface area contributed by atoms with Crippen LogP contribution in [0.2, 0.25) is 10.0 Å². The van der Waals surface area contributed by atoms with Crippen molar-refractivity contribution in [3.8, 4) is 0 Å². The fourth-order valence-corrected chi connectivity index (χ4v) is 2.39. The molecule has 1 aliphatic rings. The number of alkyl halides is 3. The molecule has 24 heavy (non-hydrogen) atoms. The average molecular weight is 388 g/mol. The highest BCUT2D eigenvalue weighted by molar-refractivity contribution is 6.42. The Morgan fingerprint density at radius 1 is 1.25 bits per heavy atom. The number of urea groups is 1. The Bertz CT molecular complexity index is 605. The van der Waals surface area contributed by atoms with E-state index in [1.54, 1.807) is 5.48 Å². The number of hydroxylamine groups is 1. The lowest BCUT2D eigenvalue weighted by Gasteiger charge is -2.37. The Balaban J connectivity index is 1.97. The van der Waals surface area contributed by atoms with E-state index in [2.05, 4.69) is 21.3 Å². The molecule has 2 amide bonds. The van der Waals surface area contributed by atoms with Crippen LogP contribution in [0.5, 0.6) is 0 Å². The summed E-state index contributed by atoms with van der Waals surface area (Å²) in [4.78, 5) is 11.9. The molecule has 3 atom stereocenters. The van der Waals surface area contributed by atoms with Crippen LogP contribution >= 0.6 is 23.2 Å². The molecule has 134 valence electrons. The predicted octanol–water partition coefficient (Wildman–Crippen LogP) is 2.22. The van der Waals surface area contributed by atoms with E-state index in [0.29, 0.717) is 10.7 Å². The highest BCUT2D eigenvalue weighted by Crippen LogP contribution is 2.26. The molecule has 6 N–H and O–H groups in total. The number of benzene rings is 1. The molecule has 3 unspecified atom stereocenters. The molecule has 2 rings (SSSR count). The van der Waals surface area contributed by atoms with Crippen molar-refractivity contribution in [3.05, 3.63) is 28.2 Å². The van der Waals surface area contributed by atoms with Crippen LogP contribution in [0.15, 0.2) is 18.2 Å². The van der Waals surface area contributed by atoms with Gasteiger partial charge in [0.25, 0.3) is 0 Å². The molecular formula is C12H14Cl2F3N5O2. The molecule has 0 radical (unpaired) electrons. The van der Waals surface area contributed by atoms with Crippen molar-refractivity contribution in [3.63, 3.8) is 0 Å². The van der Waals surface area contributed by atoms with Gasteiger partial charge in [-0.3, -0.25) is 10.6 Å². The Morgan fingerprint density at radius 2 is 1.96 bits per heavy atom. The lowest BCUT2D eigenvalue weighted by molar-refractivity contribution is -0.170. The van der Waals surface area contributed by atoms with Gasteiger partial charge in [-0.1, -0.05) is 23.2 Å². The maximum Gasteiger partial charge on any atom is 0.404 e. The first-order valence-corrected chi connectivity index (χ1v) is 7.45. The quantitative estimate of drug-likeness (QED) is 0.447. The second kappa shape index (κ2) is 7.72. The van der Waals surface area contributed by atoms with Gasteiger partial charge < -0.3 is 15.8 Å². The van der Waals surface area contributed by atoms with Crippen molar-refractivity contribution in [2.75, 3.05) is 5.32 Å². The van der Waals surface area contributed by atoms with E-state index in [1.165, 1.54) is 18.2 Å². The van der Waals surface area contributed by atoms with Crippen LogP contribution in [0.4, 0.5) is 23.7 Å². The molecule has 0 aliphatic carbocycles. The van der Waals surface area contributed by atoms with Gasteiger partial charge in [-0.05, 0) is 18.2 Å². The van der Waals surface area contributed by atoms with E-state index in [-0.39, 0.29) is 5.02 Å². The maximum atomic E-state index is 12.8. The van der Waals surface area contributed by atoms with Gasteiger partial charge in [0.2, 0.25) is 0 Å². The van der Waals surface area contributed by atoms with E-state index < -0.39 is 37.1 Å². The molecule has 0 aromatic heterocycles. The van der Waals surface area contributed by atoms with E-state index in [0.717, 1.165) is 0 Å². The summed E-state index contributed by atoms with van der Waals surface area (Å²) in [5, 5.41) is 18.8. The van der Waals surface area contributed by atoms with Crippen molar-refractivity contribution in [1.29, 1.82) is 0 Å². The molecule has 1 saturated heterocycles. The number of hydrogen-bond acceptors (Lipinski definition) is 5. The Hall–Kier alpha value is -1.30. The molecule has 7 nitrogen and oxygen atoms in total. The summed E-state index contributed by atoms with van der Waals surface area (Å²) in [6, 6.07) is 1.65. The van der Waals surface area contributed by atoms with E-state index >= 15 is 0 Å². The maximum absolute atomic E-state index is 12.8. The van der Waals surface area contributed by atoms with E-state index in [9.17, 15) is 18.0 Å². The van der Waals surface area contributed by atoms with Gasteiger partial charge in [0, 0.05) is 12.1 Å². The Labute approximate surface area is 144 Å². The fourth-order valence-electron chi connectivity index (χ4n) is 2.10. The topological polar surface area (TPSA) is 97.5 Å². The van der Waals surface area contributed by atoms with Crippen LogP contribution < -0.4 is 26.7 Å². The zero-order valence-electron chi connectivity index (χ0n) is 11.9. The third kappa shape index (κ3) is 5.10. The van der Waals surface area contributed by atoms with Crippen LogP contribution in [-0.2, 0) is 0 Å². The van der Waals surface area contributed by atoms with Crippen LogP contribution in [-0.4, -0.2) is 35.9 Å². The van der Waals surface area contributed by atoms with Crippen LogP contribution in [0.25, 0.3) is 0 Å². The second-order valence-electron chi connectivity index (χ2n) is 5.01. The van der Waals surface area contributed by atoms with E-state index in [1.807, 2.05) is 0 Å². The Kier molecular flexibility index (Phi) is 6.12. The van der Waals surface area contributed by atoms with Crippen molar-refractivity contribution in [2.45, 2.75) is 31.1 Å². The highest BCUT2D eigenvalue weighted by Gasteiger charge is 2.45.